The van der Waals surface area contributed by atoms with Gasteiger partial charge in [0.2, 0.25) is 0 Å². The molecule has 0 aliphatic heterocycles. The molecule has 0 radical (unpaired) electrons. The number of hydrogen-bond acceptors (Lipinski definition) is 6. The molecule has 0 spiro atoms. The zero-order valence-electron chi connectivity index (χ0n) is 43.2. The van der Waals surface area contributed by atoms with Crippen LogP contribution in [0.25, 0.3) is 0 Å². The molecule has 0 rings (SSSR count). The lowest BCUT2D eigenvalue weighted by molar-refractivity contribution is -0.167. The fourth-order valence-corrected chi connectivity index (χ4v) is 7.57. The zero-order chi connectivity index (χ0) is 47.9. The zero-order valence-corrected chi connectivity index (χ0v) is 43.2. The molecule has 0 aliphatic rings. The average molecular weight is 919 g/mol. The maximum atomic E-state index is 12.8. The maximum absolute atomic E-state index is 12.8. The third kappa shape index (κ3) is 51.6. The van der Waals surface area contributed by atoms with Crippen LogP contribution < -0.4 is 0 Å². The minimum Gasteiger partial charge on any atom is -0.462 e. The van der Waals surface area contributed by atoms with Gasteiger partial charge in [-0.05, 0) is 89.9 Å². The van der Waals surface area contributed by atoms with E-state index < -0.39 is 6.10 Å². The van der Waals surface area contributed by atoms with E-state index in [9.17, 15) is 14.4 Å². The molecule has 0 bridgehead atoms. The second-order valence-corrected chi connectivity index (χ2v) is 18.2. The largest absolute Gasteiger partial charge is 0.462 e. The number of esters is 3. The monoisotopic (exact) mass is 919 g/mol. The lowest BCUT2D eigenvalue weighted by Crippen LogP contribution is -2.30. The van der Waals surface area contributed by atoms with Gasteiger partial charge in [-0.2, -0.15) is 0 Å². The van der Waals surface area contributed by atoms with Crippen LogP contribution in [-0.4, -0.2) is 37.2 Å². The molecule has 0 aromatic carbocycles. The summed E-state index contributed by atoms with van der Waals surface area (Å²) in [5.41, 5.74) is 0. The van der Waals surface area contributed by atoms with E-state index in [4.69, 9.17) is 14.2 Å². The average Bonchev–Trinajstić information content (AvgIpc) is 3.31. The van der Waals surface area contributed by atoms with Gasteiger partial charge in [-0.3, -0.25) is 14.4 Å². The quantitative estimate of drug-likeness (QED) is 0.0199. The first-order chi connectivity index (χ1) is 32.5. The van der Waals surface area contributed by atoms with Gasteiger partial charge in [-0.15, -0.1) is 0 Å². The number of carbonyl (C=O) groups is 3. The Kier molecular flexibility index (Phi) is 51.4. The van der Waals surface area contributed by atoms with E-state index in [1.165, 1.54) is 135 Å². The van der Waals surface area contributed by atoms with E-state index in [1.807, 2.05) is 48.6 Å². The van der Waals surface area contributed by atoms with Crippen LogP contribution in [0.3, 0.4) is 0 Å². The molecule has 1 unspecified atom stereocenters. The molecule has 66 heavy (non-hydrogen) atoms. The molecule has 6 heteroatoms. The summed E-state index contributed by atoms with van der Waals surface area (Å²) >= 11 is 0. The van der Waals surface area contributed by atoms with Crippen LogP contribution in [0.2, 0.25) is 0 Å². The summed E-state index contributed by atoms with van der Waals surface area (Å²) in [5.74, 6) is -0.948. The predicted molar refractivity (Wildman–Crippen MR) is 284 cm³/mol. The Morgan fingerprint density at radius 2 is 0.606 bits per heavy atom. The van der Waals surface area contributed by atoms with Crippen LogP contribution in [0.4, 0.5) is 0 Å². The van der Waals surface area contributed by atoms with Gasteiger partial charge in [-0.1, -0.05) is 234 Å². The Hall–Kier alpha value is -3.41. The van der Waals surface area contributed by atoms with Gasteiger partial charge >= 0.3 is 17.9 Å². The molecule has 0 heterocycles. The van der Waals surface area contributed by atoms with Crippen molar-refractivity contribution in [1.82, 2.24) is 0 Å². The smallest absolute Gasteiger partial charge is 0.306 e. The fraction of sp³-hybridized carbons (Fsp3) is 0.717. The topological polar surface area (TPSA) is 78.9 Å². The molecule has 0 aromatic heterocycles. The number of carbonyl (C=O) groups excluding carboxylic acids is 3. The van der Waals surface area contributed by atoms with E-state index in [0.717, 1.165) is 83.5 Å². The summed E-state index contributed by atoms with van der Waals surface area (Å²) in [6.45, 7) is 6.45. The van der Waals surface area contributed by atoms with Crippen molar-refractivity contribution in [3.05, 3.63) is 85.1 Å². The van der Waals surface area contributed by atoms with E-state index >= 15 is 0 Å². The van der Waals surface area contributed by atoms with Gasteiger partial charge in [-0.25, -0.2) is 0 Å². The molecule has 0 aromatic rings. The van der Waals surface area contributed by atoms with E-state index in [2.05, 4.69) is 57.2 Å². The minimum absolute atomic E-state index is 0.0959. The van der Waals surface area contributed by atoms with Crippen LogP contribution in [0.5, 0.6) is 0 Å². The number of hydrogen-bond donors (Lipinski definition) is 0. The molecule has 0 aliphatic carbocycles. The van der Waals surface area contributed by atoms with Crippen molar-refractivity contribution in [3.63, 3.8) is 0 Å². The van der Waals surface area contributed by atoms with Crippen LogP contribution in [-0.2, 0) is 28.6 Å². The van der Waals surface area contributed by atoms with Crippen molar-refractivity contribution in [2.24, 2.45) is 0 Å². The maximum Gasteiger partial charge on any atom is 0.306 e. The molecule has 1 atom stereocenters. The van der Waals surface area contributed by atoms with Crippen molar-refractivity contribution in [2.75, 3.05) is 13.2 Å². The van der Waals surface area contributed by atoms with Crippen LogP contribution in [0.1, 0.15) is 258 Å². The molecular formula is C60H102O6. The molecule has 0 saturated heterocycles. The molecule has 0 saturated carbocycles. The highest BCUT2D eigenvalue weighted by atomic mass is 16.6. The molecular weight excluding hydrogens is 817 g/mol. The van der Waals surface area contributed by atoms with Crippen molar-refractivity contribution in [3.8, 4) is 0 Å². The lowest BCUT2D eigenvalue weighted by atomic mass is 10.1. The first kappa shape index (κ1) is 62.6. The normalized spacial score (nSPS) is 12.7. The highest BCUT2D eigenvalue weighted by Crippen LogP contribution is 2.14. The fourth-order valence-electron chi connectivity index (χ4n) is 7.57. The summed E-state index contributed by atoms with van der Waals surface area (Å²) < 4.78 is 16.8. The van der Waals surface area contributed by atoms with Crippen LogP contribution in [0, 0.1) is 0 Å². The van der Waals surface area contributed by atoms with Crippen molar-refractivity contribution in [2.45, 2.75) is 264 Å². The van der Waals surface area contributed by atoms with Crippen molar-refractivity contribution in [1.29, 1.82) is 0 Å². The Labute approximate surface area is 407 Å². The standard InChI is InChI=1S/C60H102O6/c1-4-7-10-13-16-19-22-25-28-30-33-35-38-41-44-47-50-53-59(62)65-56-57(55-64-58(61)52-49-46-43-40-37-34-31-27-24-21-18-15-12-9-6-3)66-60(63)54-51-48-45-42-39-36-32-29-26-23-20-17-14-11-8-5-2/h9,12,15,18,21,24-25,27-29,31-32,34,37,57H,4-8,10-11,13-14,16-17,19-20,22-23,26,30,33,35-36,38-56H2,1-3H3/b12-9-,18-15-,24-21-,28-25-,31-27-,32-29-,37-34-. The molecule has 6 nitrogen and oxygen atoms in total. The Morgan fingerprint density at radius 1 is 0.318 bits per heavy atom. The third-order valence-electron chi connectivity index (χ3n) is 11.7. The predicted octanol–water partition coefficient (Wildman–Crippen LogP) is 18.4. The summed E-state index contributed by atoms with van der Waals surface area (Å²) in [6.07, 6.45) is 69.9. The second kappa shape index (κ2) is 54.2. The number of allylic oxidation sites excluding steroid dienone is 14. The molecule has 378 valence electrons. The van der Waals surface area contributed by atoms with E-state index in [-0.39, 0.29) is 31.1 Å². The first-order valence-electron chi connectivity index (χ1n) is 27.7. The van der Waals surface area contributed by atoms with Gasteiger partial charge in [0, 0.05) is 19.3 Å². The molecule has 0 fully saturated rings. The van der Waals surface area contributed by atoms with Gasteiger partial charge in [0.05, 0.1) is 0 Å². The summed E-state index contributed by atoms with van der Waals surface area (Å²) in [5, 5.41) is 0. The second-order valence-electron chi connectivity index (χ2n) is 18.2. The number of rotatable bonds is 49. The number of unbranched alkanes of at least 4 members (excludes halogenated alkanes) is 28. The van der Waals surface area contributed by atoms with Gasteiger partial charge in [0.25, 0.3) is 0 Å². The van der Waals surface area contributed by atoms with Crippen LogP contribution in [0.15, 0.2) is 85.1 Å². The summed E-state index contributed by atoms with van der Waals surface area (Å²) in [6, 6.07) is 0. The van der Waals surface area contributed by atoms with E-state index in [1.54, 1.807) is 0 Å². The molecule has 0 N–H and O–H groups in total. The van der Waals surface area contributed by atoms with E-state index in [0.29, 0.717) is 19.3 Å². The third-order valence-corrected chi connectivity index (χ3v) is 11.7. The summed E-state index contributed by atoms with van der Waals surface area (Å²) in [4.78, 5) is 38.1. The van der Waals surface area contributed by atoms with Crippen molar-refractivity contribution >= 4 is 17.9 Å². The Morgan fingerprint density at radius 3 is 0.985 bits per heavy atom. The highest BCUT2D eigenvalue weighted by Gasteiger charge is 2.19. The Balaban J connectivity index is 4.47. The Bertz CT molecular complexity index is 1290. The van der Waals surface area contributed by atoms with Gasteiger partial charge in [0.15, 0.2) is 6.10 Å². The first-order valence-corrected chi connectivity index (χ1v) is 27.7. The SMILES string of the molecule is CC\C=C/C=C\C=C/C=C\C=C/CCCCCC(=O)OCC(COC(=O)CCCCCCCCC/C=C\CCCCCCCC)OC(=O)CCCCCCC/C=C\CCCCCCCCC. The highest BCUT2D eigenvalue weighted by molar-refractivity contribution is 5.71. The molecule has 0 amide bonds. The number of ether oxygens (including phenoxy) is 3. The van der Waals surface area contributed by atoms with Crippen LogP contribution >= 0.6 is 0 Å². The lowest BCUT2D eigenvalue weighted by Gasteiger charge is -2.18. The van der Waals surface area contributed by atoms with Gasteiger partial charge in [0.1, 0.15) is 13.2 Å². The van der Waals surface area contributed by atoms with Crippen molar-refractivity contribution < 1.29 is 28.6 Å². The minimum atomic E-state index is -0.800. The summed E-state index contributed by atoms with van der Waals surface area (Å²) in [7, 11) is 0. The van der Waals surface area contributed by atoms with Gasteiger partial charge < -0.3 is 14.2 Å².